The van der Waals surface area contributed by atoms with Crippen molar-refractivity contribution in [3.8, 4) is 0 Å². The van der Waals surface area contributed by atoms with Gasteiger partial charge in [-0.2, -0.15) is 0 Å². The molecule has 4 aliphatic rings. The van der Waals surface area contributed by atoms with Crippen molar-refractivity contribution >= 4 is 11.8 Å². The van der Waals surface area contributed by atoms with Gasteiger partial charge in [0.15, 0.2) is 11.5 Å². The van der Waals surface area contributed by atoms with Crippen molar-refractivity contribution in [2.24, 2.45) is 28.6 Å². The van der Waals surface area contributed by atoms with Crippen molar-refractivity contribution in [3.05, 3.63) is 0 Å². The largest absolute Gasteiger partial charge is 0.462 e. The Bertz CT molecular complexity index is 667. The Morgan fingerprint density at radius 1 is 1.11 bits per heavy atom. The molecule has 4 saturated carbocycles. The highest BCUT2D eigenvalue weighted by molar-refractivity contribution is 5.90. The van der Waals surface area contributed by atoms with Gasteiger partial charge < -0.3 is 14.9 Å². The van der Waals surface area contributed by atoms with Gasteiger partial charge >= 0.3 is 5.97 Å². The van der Waals surface area contributed by atoms with Gasteiger partial charge in [-0.25, -0.2) is 4.39 Å². The number of hydrogen-bond donors (Lipinski definition) is 2. The molecule has 0 aromatic carbocycles. The van der Waals surface area contributed by atoms with E-state index in [-0.39, 0.29) is 54.5 Å². The second kappa shape index (κ2) is 5.99. The van der Waals surface area contributed by atoms with E-state index in [0.29, 0.717) is 0 Å². The lowest BCUT2D eigenvalue weighted by molar-refractivity contribution is -0.210. The topological polar surface area (TPSA) is 83.8 Å². The summed E-state index contributed by atoms with van der Waals surface area (Å²) in [5.41, 5.74) is -3.19. The normalized spacial score (nSPS) is 54.7. The van der Waals surface area contributed by atoms with Crippen LogP contribution in [0.25, 0.3) is 0 Å². The number of fused-ring (bicyclic) bond motifs is 5. The molecule has 4 fully saturated rings. The first-order valence-corrected chi connectivity index (χ1v) is 10.3. The van der Waals surface area contributed by atoms with Crippen molar-refractivity contribution in [2.45, 2.75) is 89.7 Å². The summed E-state index contributed by atoms with van der Waals surface area (Å²) in [6, 6.07) is 0. The van der Waals surface area contributed by atoms with Crippen LogP contribution in [0.3, 0.4) is 0 Å². The molecule has 0 radical (unpaired) electrons. The number of ether oxygens (including phenoxy) is 1. The number of halogens is 1. The Labute approximate surface area is 159 Å². The highest BCUT2D eigenvalue weighted by Crippen LogP contribution is 2.67. The van der Waals surface area contributed by atoms with Gasteiger partial charge in [0.05, 0.1) is 12.2 Å². The first-order valence-electron chi connectivity index (χ1n) is 10.3. The van der Waals surface area contributed by atoms with Gasteiger partial charge in [-0.15, -0.1) is 0 Å². The third-order valence-corrected chi connectivity index (χ3v) is 8.81. The number of carbonyl (C=O) groups is 2. The minimum atomic E-state index is -2.06. The molecular weight excluding hydrogens is 351 g/mol. The van der Waals surface area contributed by atoms with Crippen LogP contribution >= 0.6 is 0 Å². The second-order valence-electron chi connectivity index (χ2n) is 9.99. The van der Waals surface area contributed by atoms with Crippen LogP contribution in [0.4, 0.5) is 4.39 Å². The van der Waals surface area contributed by atoms with Crippen LogP contribution < -0.4 is 0 Å². The molecule has 0 saturated heterocycles. The van der Waals surface area contributed by atoms with Crippen molar-refractivity contribution in [1.29, 1.82) is 0 Å². The number of carbonyl (C=O) groups excluding carboxylic acids is 2. The highest BCUT2D eigenvalue weighted by atomic mass is 19.1. The maximum atomic E-state index is 16.0. The van der Waals surface area contributed by atoms with E-state index in [1.165, 1.54) is 6.92 Å². The van der Waals surface area contributed by atoms with E-state index in [9.17, 15) is 19.8 Å². The summed E-state index contributed by atoms with van der Waals surface area (Å²) in [5, 5.41) is 20.3. The summed E-state index contributed by atoms with van der Waals surface area (Å²) in [6.45, 7) is 5.38. The molecule has 6 heteroatoms. The molecule has 0 unspecified atom stereocenters. The molecular formula is C21H31FO5. The first kappa shape index (κ1) is 19.3. The third kappa shape index (κ3) is 2.48. The lowest BCUT2D eigenvalue weighted by Gasteiger charge is -2.62. The number of ketones is 1. The van der Waals surface area contributed by atoms with E-state index in [4.69, 9.17) is 4.74 Å². The predicted octanol–water partition coefficient (Wildman–Crippen LogP) is 2.56. The average Bonchev–Trinajstić information content (AvgIpc) is 2.88. The van der Waals surface area contributed by atoms with E-state index in [1.807, 2.05) is 0 Å². The molecule has 27 heavy (non-hydrogen) atoms. The Kier molecular flexibility index (Phi) is 4.29. The zero-order valence-corrected chi connectivity index (χ0v) is 16.4. The average molecular weight is 382 g/mol. The zero-order valence-electron chi connectivity index (χ0n) is 16.4. The van der Waals surface area contributed by atoms with E-state index in [2.05, 4.69) is 6.92 Å². The number of Topliss-reactive ketones (excluding diaryl/α,β-unsaturated/α-hetero) is 1. The summed E-state index contributed by atoms with van der Waals surface area (Å²) in [5.74, 6) is -0.431. The lowest BCUT2D eigenvalue weighted by atomic mass is 9.43. The zero-order chi connectivity index (χ0) is 19.8. The van der Waals surface area contributed by atoms with E-state index in [1.54, 1.807) is 6.92 Å². The molecule has 4 aliphatic carbocycles. The lowest BCUT2D eigenvalue weighted by Crippen LogP contribution is -2.67. The van der Waals surface area contributed by atoms with Gasteiger partial charge in [0.1, 0.15) is 6.10 Å². The van der Waals surface area contributed by atoms with Crippen LogP contribution in [-0.4, -0.2) is 45.9 Å². The molecule has 0 bridgehead atoms. The number of esters is 1. The van der Waals surface area contributed by atoms with Crippen molar-refractivity contribution in [2.75, 3.05) is 0 Å². The first-order chi connectivity index (χ1) is 12.5. The molecule has 0 heterocycles. The monoisotopic (exact) mass is 382 g/mol. The third-order valence-electron chi connectivity index (χ3n) is 8.81. The van der Waals surface area contributed by atoms with Gasteiger partial charge in [-0.1, -0.05) is 13.8 Å². The van der Waals surface area contributed by atoms with E-state index < -0.39 is 29.1 Å². The Morgan fingerprint density at radius 3 is 2.44 bits per heavy atom. The number of aliphatic hydroxyl groups excluding tert-OH is 2. The molecule has 2 N–H and O–H groups in total. The van der Waals surface area contributed by atoms with Gasteiger partial charge in [0.25, 0.3) is 0 Å². The maximum absolute atomic E-state index is 16.0. The minimum absolute atomic E-state index is 0.00324. The molecule has 0 amide bonds. The van der Waals surface area contributed by atoms with Crippen LogP contribution in [0.5, 0.6) is 0 Å². The molecule has 0 aromatic heterocycles. The van der Waals surface area contributed by atoms with Crippen LogP contribution in [-0.2, 0) is 14.3 Å². The fourth-order valence-corrected chi connectivity index (χ4v) is 7.35. The summed E-state index contributed by atoms with van der Waals surface area (Å²) in [7, 11) is 0. The van der Waals surface area contributed by atoms with Crippen LogP contribution in [0, 0.1) is 28.6 Å². The van der Waals surface area contributed by atoms with Crippen molar-refractivity contribution in [1.82, 2.24) is 0 Å². The Morgan fingerprint density at radius 2 is 1.78 bits per heavy atom. The molecule has 0 aromatic rings. The SMILES string of the molecule is CC(=O)O[C@H]1CC[C@H]2[C@@H]3CC(=O)[C@@]4(F)C[C@@H](O)[C@@H](O)C[C@]4(C)[C@H]3CC[C@]12C. The summed E-state index contributed by atoms with van der Waals surface area (Å²) >= 11 is 0. The number of rotatable bonds is 1. The predicted molar refractivity (Wildman–Crippen MR) is 95.4 cm³/mol. The van der Waals surface area contributed by atoms with Gasteiger partial charge in [-0.05, 0) is 49.9 Å². The maximum Gasteiger partial charge on any atom is 0.302 e. The standard InChI is InChI=1S/C21H31FO5/c1-11(23)27-18-5-4-13-12-8-17(26)21(22)10-16(25)15(24)9-20(21,3)14(12)6-7-19(13,18)2/h12-16,18,24-25H,4-10H2,1-3H3/t12-,13-,14-,15-,16+,18-,19-,20+,21-/m0/s1. The van der Waals surface area contributed by atoms with Crippen molar-refractivity contribution < 1.29 is 28.9 Å². The number of alkyl halides is 1. The van der Waals surface area contributed by atoms with Gasteiger partial charge in [0, 0.05) is 30.6 Å². The van der Waals surface area contributed by atoms with Gasteiger partial charge in [-0.3, -0.25) is 9.59 Å². The number of hydrogen-bond acceptors (Lipinski definition) is 5. The number of aliphatic hydroxyl groups is 2. The Hall–Kier alpha value is -1.01. The molecule has 152 valence electrons. The fraction of sp³-hybridized carbons (Fsp3) is 0.905. The molecule has 0 spiro atoms. The van der Waals surface area contributed by atoms with Crippen LogP contribution in [0.2, 0.25) is 0 Å². The summed E-state index contributed by atoms with van der Waals surface area (Å²) < 4.78 is 21.6. The molecule has 5 nitrogen and oxygen atoms in total. The molecule has 0 aliphatic heterocycles. The van der Waals surface area contributed by atoms with Crippen molar-refractivity contribution in [3.63, 3.8) is 0 Å². The molecule has 9 atom stereocenters. The quantitative estimate of drug-likeness (QED) is 0.681. The highest BCUT2D eigenvalue weighted by Gasteiger charge is 2.70. The molecule has 4 rings (SSSR count). The van der Waals surface area contributed by atoms with E-state index >= 15 is 4.39 Å². The van der Waals surface area contributed by atoms with Gasteiger partial charge in [0.2, 0.25) is 0 Å². The minimum Gasteiger partial charge on any atom is -0.462 e. The second-order valence-corrected chi connectivity index (χ2v) is 9.99. The van der Waals surface area contributed by atoms with Crippen LogP contribution in [0.15, 0.2) is 0 Å². The van der Waals surface area contributed by atoms with Crippen LogP contribution in [0.1, 0.15) is 65.7 Å². The summed E-state index contributed by atoms with van der Waals surface area (Å²) in [4.78, 5) is 24.5. The fourth-order valence-electron chi connectivity index (χ4n) is 7.35. The summed E-state index contributed by atoms with van der Waals surface area (Å²) in [6.07, 6.45) is 0.947. The van der Waals surface area contributed by atoms with E-state index in [0.717, 1.165) is 25.7 Å². The Balaban J connectivity index is 1.68. The smallest absolute Gasteiger partial charge is 0.302 e.